The van der Waals surface area contributed by atoms with E-state index in [0.717, 1.165) is 22.1 Å². The Labute approximate surface area is 182 Å². The van der Waals surface area contributed by atoms with Gasteiger partial charge in [0.1, 0.15) is 0 Å². The summed E-state index contributed by atoms with van der Waals surface area (Å²) >= 11 is 3.61. The second-order valence-electron chi connectivity index (χ2n) is 7.59. The van der Waals surface area contributed by atoms with Crippen LogP contribution < -0.4 is 0 Å². The van der Waals surface area contributed by atoms with Crippen molar-refractivity contribution in [1.82, 2.24) is 4.98 Å². The van der Waals surface area contributed by atoms with Crippen LogP contribution in [0.25, 0.3) is 33.3 Å². The highest BCUT2D eigenvalue weighted by molar-refractivity contribution is 9.10. The molecule has 1 heterocycles. The summed E-state index contributed by atoms with van der Waals surface area (Å²) in [6.45, 7) is 2.26. The van der Waals surface area contributed by atoms with Crippen molar-refractivity contribution >= 4 is 26.8 Å². The molecule has 146 valence electrons. The van der Waals surface area contributed by atoms with Crippen LogP contribution in [0.5, 0.6) is 0 Å². The van der Waals surface area contributed by atoms with Gasteiger partial charge in [0.2, 0.25) is 0 Å². The van der Waals surface area contributed by atoms with E-state index in [1.807, 2.05) is 0 Å². The average molecular weight is 444 g/mol. The highest BCUT2D eigenvalue weighted by atomic mass is 79.9. The Balaban J connectivity index is 1.70. The third-order valence-corrected chi connectivity index (χ3v) is 5.92. The molecular weight excluding hydrogens is 418 g/mol. The fourth-order valence-electron chi connectivity index (χ4n) is 3.80. The Morgan fingerprint density at radius 1 is 0.759 bits per heavy atom. The molecule has 0 amide bonds. The molecule has 0 aliphatic carbocycles. The van der Waals surface area contributed by atoms with E-state index in [-0.39, 0.29) is 0 Å². The Kier molecular flexibility index (Phi) is 6.41. The highest BCUT2D eigenvalue weighted by Crippen LogP contribution is 2.33. The first-order chi connectivity index (χ1) is 14.2. The summed E-state index contributed by atoms with van der Waals surface area (Å²) in [4.78, 5) is 4.97. The van der Waals surface area contributed by atoms with Gasteiger partial charge in [-0.1, -0.05) is 96.7 Å². The van der Waals surface area contributed by atoms with Crippen molar-refractivity contribution in [3.63, 3.8) is 0 Å². The molecular formula is C27H26BrN. The monoisotopic (exact) mass is 443 g/mol. The molecule has 0 fully saturated rings. The molecule has 4 aromatic rings. The van der Waals surface area contributed by atoms with Crippen molar-refractivity contribution in [2.75, 3.05) is 0 Å². The number of halogens is 1. The van der Waals surface area contributed by atoms with E-state index >= 15 is 0 Å². The van der Waals surface area contributed by atoms with E-state index < -0.39 is 0 Å². The lowest BCUT2D eigenvalue weighted by molar-refractivity contribution is 0.667. The maximum Gasteiger partial charge on any atom is 0.0716 e. The molecule has 4 rings (SSSR count). The average Bonchev–Trinajstić information content (AvgIpc) is 2.77. The molecule has 0 saturated heterocycles. The van der Waals surface area contributed by atoms with E-state index in [2.05, 4.69) is 102 Å². The molecule has 0 N–H and O–H groups in total. The van der Waals surface area contributed by atoms with Crippen LogP contribution in [-0.4, -0.2) is 4.98 Å². The highest BCUT2D eigenvalue weighted by Gasteiger charge is 2.10. The Bertz CT molecular complexity index is 1080. The third-order valence-electron chi connectivity index (χ3n) is 5.42. The minimum atomic E-state index is 1.02. The smallest absolute Gasteiger partial charge is 0.0716 e. The predicted octanol–water partition coefficient (Wildman–Crippen LogP) is 8.45. The van der Waals surface area contributed by atoms with E-state index in [9.17, 15) is 0 Å². The molecule has 0 radical (unpaired) electrons. The van der Waals surface area contributed by atoms with Gasteiger partial charge in [-0.05, 0) is 53.8 Å². The maximum atomic E-state index is 4.97. The van der Waals surface area contributed by atoms with Gasteiger partial charge in [0, 0.05) is 15.4 Å². The molecule has 1 nitrogen and oxygen atoms in total. The van der Waals surface area contributed by atoms with Crippen LogP contribution in [0.15, 0.2) is 83.3 Å². The number of aryl methyl sites for hydroxylation is 1. The molecule has 0 unspecified atom stereocenters. The Morgan fingerprint density at radius 2 is 1.55 bits per heavy atom. The summed E-state index contributed by atoms with van der Waals surface area (Å²) in [5.41, 5.74) is 7.06. The maximum absolute atomic E-state index is 4.97. The quantitative estimate of drug-likeness (QED) is 0.261. The van der Waals surface area contributed by atoms with E-state index in [1.165, 1.54) is 53.3 Å². The van der Waals surface area contributed by atoms with Gasteiger partial charge in [-0.25, -0.2) is 4.98 Å². The summed E-state index contributed by atoms with van der Waals surface area (Å²) in [6, 6.07) is 28.1. The van der Waals surface area contributed by atoms with Crippen LogP contribution in [0.4, 0.5) is 0 Å². The van der Waals surface area contributed by atoms with Gasteiger partial charge >= 0.3 is 0 Å². The van der Waals surface area contributed by atoms with Gasteiger partial charge in [0.15, 0.2) is 0 Å². The Morgan fingerprint density at radius 3 is 2.31 bits per heavy atom. The lowest BCUT2D eigenvalue weighted by atomic mass is 9.97. The molecule has 0 spiro atoms. The van der Waals surface area contributed by atoms with Crippen molar-refractivity contribution in [3.05, 3.63) is 88.9 Å². The number of rotatable bonds is 7. The largest absolute Gasteiger partial charge is 0.248 e. The number of nitrogens with zero attached hydrogens (tertiary/aromatic N) is 1. The van der Waals surface area contributed by atoms with E-state index in [1.54, 1.807) is 0 Å². The predicted molar refractivity (Wildman–Crippen MR) is 128 cm³/mol. The number of hydrogen-bond donors (Lipinski definition) is 0. The van der Waals surface area contributed by atoms with Crippen LogP contribution in [0.1, 0.15) is 38.2 Å². The van der Waals surface area contributed by atoms with E-state index in [4.69, 9.17) is 4.98 Å². The van der Waals surface area contributed by atoms with Gasteiger partial charge < -0.3 is 0 Å². The molecule has 1 aromatic heterocycles. The van der Waals surface area contributed by atoms with E-state index in [0.29, 0.717) is 0 Å². The van der Waals surface area contributed by atoms with Crippen LogP contribution in [0, 0.1) is 0 Å². The number of aromatic nitrogens is 1. The van der Waals surface area contributed by atoms with Crippen LogP contribution >= 0.6 is 15.9 Å². The Hall–Kier alpha value is -2.45. The minimum absolute atomic E-state index is 1.02. The second-order valence-corrected chi connectivity index (χ2v) is 8.51. The molecule has 0 aliphatic heterocycles. The normalized spacial score (nSPS) is 11.1. The number of fused-ring (bicyclic) bond motifs is 1. The zero-order valence-electron chi connectivity index (χ0n) is 16.9. The van der Waals surface area contributed by atoms with Crippen LogP contribution in [-0.2, 0) is 6.42 Å². The first-order valence-electron chi connectivity index (χ1n) is 10.5. The van der Waals surface area contributed by atoms with Gasteiger partial charge in [-0.15, -0.1) is 0 Å². The summed E-state index contributed by atoms with van der Waals surface area (Å²) in [6.07, 6.45) is 6.37. The molecule has 3 aromatic carbocycles. The van der Waals surface area contributed by atoms with Gasteiger partial charge in [0.25, 0.3) is 0 Å². The zero-order chi connectivity index (χ0) is 20.1. The van der Waals surface area contributed by atoms with Crippen molar-refractivity contribution in [1.29, 1.82) is 0 Å². The van der Waals surface area contributed by atoms with Gasteiger partial charge in [-0.3, -0.25) is 0 Å². The first kappa shape index (κ1) is 19.8. The molecule has 0 atom stereocenters. The molecule has 0 saturated carbocycles. The molecule has 2 heteroatoms. The van der Waals surface area contributed by atoms with Crippen LogP contribution in [0.3, 0.4) is 0 Å². The molecule has 0 bridgehead atoms. The zero-order valence-corrected chi connectivity index (χ0v) is 18.5. The molecule has 0 aliphatic rings. The van der Waals surface area contributed by atoms with Crippen molar-refractivity contribution in [2.45, 2.75) is 39.0 Å². The first-order valence-corrected chi connectivity index (χ1v) is 11.3. The summed E-state index contributed by atoms with van der Waals surface area (Å²) in [5, 5.41) is 1.17. The summed E-state index contributed by atoms with van der Waals surface area (Å²) < 4.78 is 1.07. The van der Waals surface area contributed by atoms with Crippen LogP contribution in [0.2, 0.25) is 0 Å². The fraction of sp³-hybridized carbons (Fsp3) is 0.222. The van der Waals surface area contributed by atoms with Crippen molar-refractivity contribution < 1.29 is 0 Å². The van der Waals surface area contributed by atoms with Gasteiger partial charge in [-0.2, -0.15) is 0 Å². The lowest BCUT2D eigenvalue weighted by Crippen LogP contribution is -1.91. The number of unbranched alkanes of at least 4 members (excludes halogenated alkanes) is 3. The number of pyridine rings is 1. The summed E-state index contributed by atoms with van der Waals surface area (Å²) in [5.74, 6) is 0. The topological polar surface area (TPSA) is 12.9 Å². The second kappa shape index (κ2) is 9.37. The standard InChI is InChI=1S/C27H26BrN/c1-2-3-4-6-9-20-12-14-22(15-13-20)27-19-24(21-10-7-5-8-11-21)25-18-23(28)16-17-26(25)29-27/h5,7-8,10-19H,2-4,6,9H2,1H3. The number of hydrogen-bond acceptors (Lipinski definition) is 1. The number of benzene rings is 3. The lowest BCUT2D eigenvalue weighted by Gasteiger charge is -2.11. The van der Waals surface area contributed by atoms with Crippen molar-refractivity contribution in [2.24, 2.45) is 0 Å². The fourth-order valence-corrected chi connectivity index (χ4v) is 4.16. The summed E-state index contributed by atoms with van der Waals surface area (Å²) in [7, 11) is 0. The third kappa shape index (κ3) is 4.76. The van der Waals surface area contributed by atoms with Crippen molar-refractivity contribution in [3.8, 4) is 22.4 Å². The SMILES string of the molecule is CCCCCCc1ccc(-c2cc(-c3ccccc3)c3cc(Br)ccc3n2)cc1. The minimum Gasteiger partial charge on any atom is -0.248 e. The van der Waals surface area contributed by atoms with Gasteiger partial charge in [0.05, 0.1) is 11.2 Å². The molecule has 29 heavy (non-hydrogen) atoms.